The van der Waals surface area contributed by atoms with Gasteiger partial charge < -0.3 is 14.2 Å². The van der Waals surface area contributed by atoms with E-state index < -0.39 is 6.29 Å². The van der Waals surface area contributed by atoms with E-state index >= 15 is 0 Å². The summed E-state index contributed by atoms with van der Waals surface area (Å²) in [5, 5.41) is 0. The molecule has 3 nitrogen and oxygen atoms in total. The lowest BCUT2D eigenvalue weighted by molar-refractivity contribution is 0.00381. The lowest BCUT2D eigenvalue weighted by atomic mass is 10.0. The molecule has 3 heteroatoms. The Hall–Kier alpha value is -4.50. The van der Waals surface area contributed by atoms with Gasteiger partial charge in [-0.2, -0.15) is 0 Å². The first-order chi connectivity index (χ1) is 18.1. The Morgan fingerprint density at radius 2 is 0.730 bits per heavy atom. The molecule has 5 rings (SSSR count). The van der Waals surface area contributed by atoms with Crippen molar-refractivity contribution in [2.75, 3.05) is 7.11 Å². The van der Waals surface area contributed by atoms with Crippen LogP contribution in [0.4, 0.5) is 0 Å². The smallest absolute Gasteiger partial charge is 0.267 e. The van der Waals surface area contributed by atoms with Crippen LogP contribution in [0, 0.1) is 13.8 Å². The number of ether oxygens (including phenoxy) is 3. The van der Waals surface area contributed by atoms with Crippen molar-refractivity contribution >= 4 is 0 Å². The summed E-state index contributed by atoms with van der Waals surface area (Å²) in [5.74, 6) is 2.24. The van der Waals surface area contributed by atoms with Crippen molar-refractivity contribution in [2.45, 2.75) is 20.1 Å². The largest absolute Gasteiger partial charge is 0.497 e. The molecule has 0 unspecified atom stereocenters. The van der Waals surface area contributed by atoms with Crippen LogP contribution in [0.2, 0.25) is 0 Å². The molecule has 0 aliphatic heterocycles. The number of benzene rings is 5. The Labute approximate surface area is 218 Å². The summed E-state index contributed by atoms with van der Waals surface area (Å²) in [6, 6.07) is 41.0. The van der Waals surface area contributed by atoms with Crippen molar-refractivity contribution in [3.05, 3.63) is 138 Å². The highest BCUT2D eigenvalue weighted by Gasteiger charge is 2.16. The van der Waals surface area contributed by atoms with Crippen molar-refractivity contribution in [3.63, 3.8) is 0 Å². The Bertz CT molecular complexity index is 1330. The molecule has 0 bridgehead atoms. The molecule has 0 aliphatic carbocycles. The summed E-state index contributed by atoms with van der Waals surface area (Å²) in [5.41, 5.74) is 8.01. The summed E-state index contributed by atoms with van der Waals surface area (Å²) < 4.78 is 18.0. The number of hydrogen-bond donors (Lipinski definition) is 0. The molecule has 0 aromatic heterocycles. The summed E-state index contributed by atoms with van der Waals surface area (Å²) in [6.07, 6.45) is -0.624. The van der Waals surface area contributed by atoms with Crippen LogP contribution in [0.5, 0.6) is 17.2 Å². The summed E-state index contributed by atoms with van der Waals surface area (Å²) in [4.78, 5) is 0. The minimum absolute atomic E-state index is 0.624. The molecule has 0 spiro atoms. The number of aryl methyl sites for hydroxylation is 2. The van der Waals surface area contributed by atoms with Crippen LogP contribution < -0.4 is 14.2 Å². The van der Waals surface area contributed by atoms with Gasteiger partial charge in [0.15, 0.2) is 0 Å². The molecule has 37 heavy (non-hydrogen) atoms. The molecule has 5 aromatic rings. The Kier molecular flexibility index (Phi) is 7.23. The van der Waals surface area contributed by atoms with Crippen molar-refractivity contribution < 1.29 is 14.2 Å². The maximum atomic E-state index is 6.35. The minimum Gasteiger partial charge on any atom is -0.497 e. The first kappa shape index (κ1) is 24.2. The third-order valence-electron chi connectivity index (χ3n) is 6.35. The van der Waals surface area contributed by atoms with Crippen molar-refractivity contribution in [2.24, 2.45) is 0 Å². The van der Waals surface area contributed by atoms with Gasteiger partial charge >= 0.3 is 0 Å². The molecule has 0 aliphatic rings. The van der Waals surface area contributed by atoms with Gasteiger partial charge in [-0.15, -0.1) is 0 Å². The van der Waals surface area contributed by atoms with Crippen LogP contribution in [0.1, 0.15) is 23.0 Å². The fourth-order valence-electron chi connectivity index (χ4n) is 4.11. The lowest BCUT2D eigenvalue weighted by Gasteiger charge is -2.21. The predicted molar refractivity (Wildman–Crippen MR) is 150 cm³/mol. The molecule has 5 aromatic carbocycles. The Balaban J connectivity index is 1.37. The van der Waals surface area contributed by atoms with Crippen molar-refractivity contribution in [3.8, 4) is 39.5 Å². The van der Waals surface area contributed by atoms with Gasteiger partial charge in [0.2, 0.25) is 0 Å². The van der Waals surface area contributed by atoms with Crippen molar-refractivity contribution in [1.29, 1.82) is 0 Å². The van der Waals surface area contributed by atoms with E-state index in [-0.39, 0.29) is 0 Å². The molecule has 0 atom stereocenters. The van der Waals surface area contributed by atoms with E-state index in [1.165, 1.54) is 22.3 Å². The second kappa shape index (κ2) is 11.0. The van der Waals surface area contributed by atoms with E-state index in [4.69, 9.17) is 14.2 Å². The molecule has 0 amide bonds. The average Bonchev–Trinajstić information content (AvgIpc) is 2.94. The molecule has 0 saturated heterocycles. The van der Waals surface area contributed by atoms with Gasteiger partial charge in [-0.25, -0.2) is 0 Å². The highest BCUT2D eigenvalue weighted by Crippen LogP contribution is 2.30. The maximum absolute atomic E-state index is 6.35. The van der Waals surface area contributed by atoms with E-state index in [2.05, 4.69) is 86.6 Å². The maximum Gasteiger partial charge on any atom is 0.267 e. The van der Waals surface area contributed by atoms with Gasteiger partial charge in [-0.05, 0) is 84.6 Å². The topological polar surface area (TPSA) is 27.7 Å². The molecule has 0 radical (unpaired) electrons. The zero-order chi connectivity index (χ0) is 25.6. The number of hydrogen-bond acceptors (Lipinski definition) is 3. The molecule has 0 heterocycles. The molecule has 0 fully saturated rings. The standard InChI is InChI=1S/C34H30O3/c1-24-4-8-26(9-5-24)28-12-20-32(21-13-28)36-34(30-16-18-31(35-3)19-17-30)37-33-22-14-29(15-23-33)27-10-6-25(2)7-11-27/h4-23,34H,1-3H3. The lowest BCUT2D eigenvalue weighted by Crippen LogP contribution is -2.15. The monoisotopic (exact) mass is 486 g/mol. The average molecular weight is 487 g/mol. The van der Waals surface area contributed by atoms with Crippen LogP contribution in [0.3, 0.4) is 0 Å². The van der Waals surface area contributed by atoms with Crippen molar-refractivity contribution in [1.82, 2.24) is 0 Å². The zero-order valence-corrected chi connectivity index (χ0v) is 21.3. The van der Waals surface area contributed by atoms with Gasteiger partial charge in [-0.1, -0.05) is 83.9 Å². The second-order valence-electron chi connectivity index (χ2n) is 9.12. The van der Waals surface area contributed by atoms with Gasteiger partial charge in [0, 0.05) is 5.56 Å². The van der Waals surface area contributed by atoms with Gasteiger partial charge in [-0.3, -0.25) is 0 Å². The number of rotatable bonds is 8. The van der Waals surface area contributed by atoms with Crippen LogP contribution in [0.25, 0.3) is 22.3 Å². The van der Waals surface area contributed by atoms with Crippen LogP contribution >= 0.6 is 0 Å². The van der Waals surface area contributed by atoms with E-state index in [9.17, 15) is 0 Å². The third kappa shape index (κ3) is 6.02. The predicted octanol–water partition coefficient (Wildman–Crippen LogP) is 8.80. The minimum atomic E-state index is -0.624. The SMILES string of the molecule is COc1ccc(C(Oc2ccc(-c3ccc(C)cc3)cc2)Oc2ccc(-c3ccc(C)cc3)cc2)cc1. The van der Waals surface area contributed by atoms with Crippen LogP contribution in [-0.2, 0) is 0 Å². The first-order valence-corrected chi connectivity index (χ1v) is 12.4. The third-order valence-corrected chi connectivity index (χ3v) is 6.35. The van der Waals surface area contributed by atoms with E-state index in [1.807, 2.05) is 48.5 Å². The van der Waals surface area contributed by atoms with E-state index in [0.717, 1.165) is 33.9 Å². The fourth-order valence-corrected chi connectivity index (χ4v) is 4.11. The highest BCUT2D eigenvalue weighted by atomic mass is 16.7. The van der Waals surface area contributed by atoms with Gasteiger partial charge in [0.25, 0.3) is 6.29 Å². The molecular weight excluding hydrogens is 456 g/mol. The normalized spacial score (nSPS) is 10.8. The molecule has 0 N–H and O–H groups in total. The highest BCUT2D eigenvalue weighted by molar-refractivity contribution is 5.65. The Morgan fingerprint density at radius 1 is 0.405 bits per heavy atom. The molecular formula is C34H30O3. The molecule has 184 valence electrons. The number of methoxy groups -OCH3 is 1. The summed E-state index contributed by atoms with van der Waals surface area (Å²) >= 11 is 0. The first-order valence-electron chi connectivity index (χ1n) is 12.4. The fraction of sp³-hybridized carbons (Fsp3) is 0.118. The molecule has 0 saturated carbocycles. The van der Waals surface area contributed by atoms with Gasteiger partial charge in [0.1, 0.15) is 17.2 Å². The summed E-state index contributed by atoms with van der Waals surface area (Å²) in [7, 11) is 1.66. The zero-order valence-electron chi connectivity index (χ0n) is 21.3. The van der Waals surface area contributed by atoms with E-state index in [0.29, 0.717) is 0 Å². The summed E-state index contributed by atoms with van der Waals surface area (Å²) in [6.45, 7) is 4.19. The van der Waals surface area contributed by atoms with E-state index in [1.54, 1.807) is 7.11 Å². The Morgan fingerprint density at radius 3 is 1.08 bits per heavy atom. The quantitative estimate of drug-likeness (QED) is 0.205. The van der Waals surface area contributed by atoms with Crippen LogP contribution in [-0.4, -0.2) is 7.11 Å². The second-order valence-corrected chi connectivity index (χ2v) is 9.12. The van der Waals surface area contributed by atoms with Crippen LogP contribution in [0.15, 0.2) is 121 Å². The van der Waals surface area contributed by atoms with Gasteiger partial charge in [0.05, 0.1) is 7.11 Å².